The molecule has 11 heteroatoms. The molecule has 44 heavy (non-hydrogen) atoms. The average molecular weight is 615 g/mol. The monoisotopic (exact) mass is 614 g/mol. The Labute approximate surface area is 256 Å². The third kappa shape index (κ3) is 8.19. The first-order chi connectivity index (χ1) is 21.2. The van der Waals surface area contributed by atoms with Crippen molar-refractivity contribution >= 4 is 22.6 Å². The Morgan fingerprint density at radius 3 is 2.50 bits per heavy atom. The molecule has 0 radical (unpaired) electrons. The van der Waals surface area contributed by atoms with Crippen LogP contribution in [0.1, 0.15) is 49.4 Å². The van der Waals surface area contributed by atoms with Crippen molar-refractivity contribution in [3.05, 3.63) is 65.4 Å². The van der Waals surface area contributed by atoms with E-state index in [4.69, 9.17) is 9.47 Å². The number of fused-ring (bicyclic) bond motifs is 1. The third-order valence-electron chi connectivity index (χ3n) is 9.00. The number of nitrogens with one attached hydrogen (secondary N) is 1. The number of aromatic nitrogens is 1. The predicted octanol–water partition coefficient (Wildman–Crippen LogP) is 5.81. The molecule has 2 aliphatic heterocycles. The van der Waals surface area contributed by atoms with Gasteiger partial charge in [-0.3, -0.25) is 14.7 Å². The summed E-state index contributed by atoms with van der Waals surface area (Å²) < 4.78 is 54.4. The van der Waals surface area contributed by atoms with Crippen LogP contribution in [0, 0.1) is 17.0 Å². The second kappa shape index (κ2) is 14.6. The van der Waals surface area contributed by atoms with E-state index >= 15 is 4.39 Å². The molecule has 2 N–H and O–H groups in total. The number of likely N-dealkylation sites (tertiary alicyclic amines) is 1. The van der Waals surface area contributed by atoms with Crippen LogP contribution in [-0.4, -0.2) is 85.5 Å². The Morgan fingerprint density at radius 1 is 1.09 bits per heavy atom. The number of carboxylic acids is 1. The van der Waals surface area contributed by atoms with Crippen LogP contribution in [0.15, 0.2) is 42.6 Å². The summed E-state index contributed by atoms with van der Waals surface area (Å²) >= 11 is 0. The van der Waals surface area contributed by atoms with Crippen molar-refractivity contribution in [2.45, 2.75) is 44.8 Å². The van der Waals surface area contributed by atoms with Crippen molar-refractivity contribution in [3.63, 3.8) is 0 Å². The molecule has 5 rings (SSSR count). The number of hydrogen-bond acceptors (Lipinski definition) is 7. The molecule has 1 aromatic heterocycles. The Hall–Kier alpha value is -3.41. The number of piperidine rings is 1. The maximum Gasteiger partial charge on any atom is 0.303 e. The summed E-state index contributed by atoms with van der Waals surface area (Å²) in [7, 11) is 1.58. The molecule has 238 valence electrons. The minimum Gasteiger partial charge on any atom is -0.497 e. The van der Waals surface area contributed by atoms with Crippen LogP contribution in [0.2, 0.25) is 0 Å². The van der Waals surface area contributed by atoms with E-state index in [1.165, 1.54) is 12.1 Å². The highest BCUT2D eigenvalue weighted by Gasteiger charge is 2.37. The summed E-state index contributed by atoms with van der Waals surface area (Å²) in [6.07, 6.45) is 2.36. The van der Waals surface area contributed by atoms with Gasteiger partial charge in [0.1, 0.15) is 23.6 Å². The molecular formula is C33H41F3N4O4. The summed E-state index contributed by atoms with van der Waals surface area (Å²) in [4.78, 5) is 21.0. The minimum atomic E-state index is -1.30. The average Bonchev–Trinajstić information content (AvgIpc) is 3.00. The van der Waals surface area contributed by atoms with Gasteiger partial charge in [-0.1, -0.05) is 0 Å². The van der Waals surface area contributed by atoms with Gasteiger partial charge in [-0.15, -0.1) is 0 Å². The van der Waals surface area contributed by atoms with Crippen molar-refractivity contribution in [3.8, 4) is 5.75 Å². The quantitative estimate of drug-likeness (QED) is 0.249. The maximum absolute atomic E-state index is 16.5. The van der Waals surface area contributed by atoms with Crippen LogP contribution in [-0.2, 0) is 16.1 Å². The van der Waals surface area contributed by atoms with E-state index in [9.17, 15) is 18.7 Å². The molecule has 2 fully saturated rings. The number of benzene rings is 2. The van der Waals surface area contributed by atoms with Gasteiger partial charge in [-0.2, -0.15) is 0 Å². The number of ether oxygens (including phenoxy) is 2. The summed E-state index contributed by atoms with van der Waals surface area (Å²) in [6, 6.07) is 8.82. The normalized spacial score (nSPS) is 18.3. The number of methoxy groups -OCH3 is 1. The number of anilines is 1. The van der Waals surface area contributed by atoms with Gasteiger partial charge in [0.2, 0.25) is 0 Å². The molecule has 3 aromatic rings. The largest absolute Gasteiger partial charge is 0.497 e. The van der Waals surface area contributed by atoms with Crippen LogP contribution < -0.4 is 10.1 Å². The smallest absolute Gasteiger partial charge is 0.303 e. The SMILES string of the molecule is COc1ccc2ncc(CN3CCOCC3)c([C@H](F)CCC3(CC(=O)O)CCN(CCNc4cc(F)cc(F)c4)CC3)c2c1. The molecule has 8 nitrogen and oxygen atoms in total. The lowest BCUT2D eigenvalue weighted by atomic mass is 9.71. The molecule has 2 saturated heterocycles. The first kappa shape index (κ1) is 32.0. The van der Waals surface area contributed by atoms with Gasteiger partial charge in [0.15, 0.2) is 0 Å². The van der Waals surface area contributed by atoms with Crippen molar-refractivity contribution in [1.29, 1.82) is 0 Å². The van der Waals surface area contributed by atoms with Gasteiger partial charge >= 0.3 is 5.97 Å². The second-order valence-corrected chi connectivity index (χ2v) is 12.0. The number of hydrogen-bond donors (Lipinski definition) is 2. The number of rotatable bonds is 13. The highest BCUT2D eigenvalue weighted by molar-refractivity contribution is 5.85. The number of morpholine rings is 1. The van der Waals surface area contributed by atoms with Crippen LogP contribution in [0.3, 0.4) is 0 Å². The van der Waals surface area contributed by atoms with Gasteiger partial charge in [-0.25, -0.2) is 13.2 Å². The van der Waals surface area contributed by atoms with E-state index in [-0.39, 0.29) is 12.8 Å². The van der Waals surface area contributed by atoms with E-state index in [0.29, 0.717) is 87.7 Å². The number of pyridine rings is 1. The molecule has 0 bridgehead atoms. The van der Waals surface area contributed by atoms with Gasteiger partial charge < -0.3 is 24.8 Å². The fourth-order valence-electron chi connectivity index (χ4n) is 6.53. The molecule has 0 unspecified atom stereocenters. The van der Waals surface area contributed by atoms with Crippen molar-refractivity contribution in [2.75, 3.05) is 64.9 Å². The van der Waals surface area contributed by atoms with Gasteiger partial charge in [0, 0.05) is 61.6 Å². The number of halogens is 3. The second-order valence-electron chi connectivity index (χ2n) is 12.0. The lowest BCUT2D eigenvalue weighted by Crippen LogP contribution is -2.43. The fourth-order valence-corrected chi connectivity index (χ4v) is 6.53. The van der Waals surface area contributed by atoms with Crippen molar-refractivity contribution in [2.24, 2.45) is 5.41 Å². The van der Waals surface area contributed by atoms with E-state index in [2.05, 4.69) is 20.1 Å². The molecule has 0 spiro atoms. The topological polar surface area (TPSA) is 87.2 Å². The third-order valence-corrected chi connectivity index (χ3v) is 9.00. The molecule has 2 aliphatic rings. The first-order valence-electron chi connectivity index (χ1n) is 15.3. The molecule has 1 atom stereocenters. The number of nitrogens with zero attached hydrogens (tertiary/aromatic N) is 3. The summed E-state index contributed by atoms with van der Waals surface area (Å²) in [5, 5.41) is 13.6. The van der Waals surface area contributed by atoms with E-state index < -0.39 is 29.2 Å². The zero-order valence-electron chi connectivity index (χ0n) is 25.2. The Balaban J connectivity index is 1.27. The van der Waals surface area contributed by atoms with Gasteiger partial charge in [0.25, 0.3) is 0 Å². The molecule has 0 amide bonds. The highest BCUT2D eigenvalue weighted by Crippen LogP contribution is 2.43. The maximum atomic E-state index is 16.5. The summed E-state index contributed by atoms with van der Waals surface area (Å²) in [6.45, 7) is 5.83. The number of alkyl halides is 1. The molecule has 0 saturated carbocycles. The van der Waals surface area contributed by atoms with E-state index in [1.54, 1.807) is 13.3 Å². The molecule has 3 heterocycles. The zero-order chi connectivity index (χ0) is 31.1. The van der Waals surface area contributed by atoms with Crippen LogP contribution in [0.25, 0.3) is 10.9 Å². The highest BCUT2D eigenvalue weighted by atomic mass is 19.1. The summed E-state index contributed by atoms with van der Waals surface area (Å²) in [5.74, 6) is -1.52. The summed E-state index contributed by atoms with van der Waals surface area (Å²) in [5.41, 5.74) is 1.98. The van der Waals surface area contributed by atoms with E-state index in [0.717, 1.165) is 30.1 Å². The first-order valence-corrected chi connectivity index (χ1v) is 15.3. The van der Waals surface area contributed by atoms with Gasteiger partial charge in [-0.05, 0) is 80.1 Å². The number of aliphatic carboxylic acids is 1. The number of carboxylic acid groups (broad SMARTS) is 1. The predicted molar refractivity (Wildman–Crippen MR) is 163 cm³/mol. The van der Waals surface area contributed by atoms with E-state index in [1.807, 2.05) is 18.2 Å². The van der Waals surface area contributed by atoms with Crippen LogP contribution >= 0.6 is 0 Å². The van der Waals surface area contributed by atoms with Crippen LogP contribution in [0.4, 0.5) is 18.9 Å². The van der Waals surface area contributed by atoms with Crippen molar-refractivity contribution in [1.82, 2.24) is 14.8 Å². The Kier molecular flexibility index (Phi) is 10.6. The standard InChI is InChI=1S/C33H41F3N4O4/c1-43-27-2-3-30-28(19-27)32(23(21-38-30)22-40-12-14-44-15-13-40)29(36)4-5-33(20-31(41)42)6-9-39(10-7-33)11-8-37-26-17-24(34)16-25(35)18-26/h2-3,16-19,21,29,37H,4-15,20,22H2,1H3,(H,41,42)/t29-/m1/s1. The Bertz CT molecular complexity index is 1410. The molecule has 0 aliphatic carbocycles. The molecule has 2 aromatic carbocycles. The van der Waals surface area contributed by atoms with Gasteiger partial charge in [0.05, 0.1) is 32.3 Å². The lowest BCUT2D eigenvalue weighted by Gasteiger charge is -2.41. The molecular weight excluding hydrogens is 573 g/mol. The number of carbonyl (C=O) groups is 1. The van der Waals surface area contributed by atoms with Crippen LogP contribution in [0.5, 0.6) is 5.75 Å². The fraction of sp³-hybridized carbons (Fsp3) is 0.515. The zero-order valence-corrected chi connectivity index (χ0v) is 25.2. The lowest BCUT2D eigenvalue weighted by molar-refractivity contribution is -0.141. The minimum absolute atomic E-state index is 0.0140. The van der Waals surface area contributed by atoms with Crippen molar-refractivity contribution < 1.29 is 32.5 Å². The Morgan fingerprint density at radius 2 is 1.82 bits per heavy atom.